The van der Waals surface area contributed by atoms with Crippen LogP contribution in [0.15, 0.2) is 18.2 Å². The van der Waals surface area contributed by atoms with Crippen LogP contribution in [0.25, 0.3) is 0 Å². The lowest BCUT2D eigenvalue weighted by molar-refractivity contribution is 0.282. The van der Waals surface area contributed by atoms with Gasteiger partial charge in [-0.3, -0.25) is 0 Å². The van der Waals surface area contributed by atoms with E-state index in [1.807, 2.05) is 6.07 Å². The van der Waals surface area contributed by atoms with Crippen molar-refractivity contribution in [1.82, 2.24) is 4.98 Å². The summed E-state index contributed by atoms with van der Waals surface area (Å²) in [5.74, 6) is 0.254. The van der Waals surface area contributed by atoms with E-state index >= 15 is 0 Å². The highest BCUT2D eigenvalue weighted by molar-refractivity contribution is 5.40. The van der Waals surface area contributed by atoms with Gasteiger partial charge < -0.3 is 10.0 Å². The van der Waals surface area contributed by atoms with Crippen LogP contribution in [0.5, 0.6) is 0 Å². The largest absolute Gasteiger partial charge is 0.396 e. The average molecular weight is 224 g/mol. The highest BCUT2D eigenvalue weighted by atomic mass is 19.1. The first-order chi connectivity index (χ1) is 7.81. The molecule has 1 saturated carbocycles. The molecule has 2 rings (SSSR count). The zero-order valence-corrected chi connectivity index (χ0v) is 9.27. The van der Waals surface area contributed by atoms with Crippen molar-refractivity contribution < 1.29 is 9.50 Å². The van der Waals surface area contributed by atoms with E-state index in [0.29, 0.717) is 18.3 Å². The molecule has 16 heavy (non-hydrogen) atoms. The summed E-state index contributed by atoms with van der Waals surface area (Å²) in [6.07, 6.45) is 4.22. The van der Waals surface area contributed by atoms with E-state index in [0.717, 1.165) is 19.4 Å². The van der Waals surface area contributed by atoms with Gasteiger partial charge in [0.2, 0.25) is 5.95 Å². The van der Waals surface area contributed by atoms with Crippen molar-refractivity contribution in [2.45, 2.75) is 31.7 Å². The molecule has 1 aromatic rings. The number of rotatable bonds is 5. The van der Waals surface area contributed by atoms with Gasteiger partial charge in [0.1, 0.15) is 5.82 Å². The van der Waals surface area contributed by atoms with E-state index in [4.69, 9.17) is 5.11 Å². The second kappa shape index (κ2) is 5.25. The van der Waals surface area contributed by atoms with Crippen LogP contribution < -0.4 is 4.90 Å². The van der Waals surface area contributed by atoms with Crippen molar-refractivity contribution in [3.05, 3.63) is 24.1 Å². The van der Waals surface area contributed by atoms with Crippen molar-refractivity contribution in [3.8, 4) is 0 Å². The van der Waals surface area contributed by atoms with Gasteiger partial charge in [0.05, 0.1) is 0 Å². The minimum atomic E-state index is -0.439. The van der Waals surface area contributed by atoms with Gasteiger partial charge in [-0.25, -0.2) is 4.98 Å². The molecule has 1 aromatic heterocycles. The number of aliphatic hydroxyl groups is 1. The number of halogens is 1. The zero-order chi connectivity index (χ0) is 11.4. The van der Waals surface area contributed by atoms with Crippen LogP contribution in [-0.4, -0.2) is 29.3 Å². The van der Waals surface area contributed by atoms with E-state index in [1.165, 1.54) is 12.5 Å². The minimum Gasteiger partial charge on any atom is -0.396 e. The summed E-state index contributed by atoms with van der Waals surface area (Å²) in [7, 11) is 0. The lowest BCUT2D eigenvalue weighted by Gasteiger charge is -2.38. The second-order valence-electron chi connectivity index (χ2n) is 4.17. The molecule has 88 valence electrons. The predicted octanol–water partition coefficient (Wildman–Crippen LogP) is 1.96. The third kappa shape index (κ3) is 2.50. The van der Waals surface area contributed by atoms with Crippen LogP contribution in [0.3, 0.4) is 0 Å². The Hall–Kier alpha value is -1.16. The summed E-state index contributed by atoms with van der Waals surface area (Å²) >= 11 is 0. The fourth-order valence-electron chi connectivity index (χ4n) is 1.98. The third-order valence-corrected chi connectivity index (χ3v) is 3.07. The number of hydrogen-bond acceptors (Lipinski definition) is 3. The molecule has 1 heterocycles. The predicted molar refractivity (Wildman–Crippen MR) is 60.9 cm³/mol. The smallest absolute Gasteiger partial charge is 0.214 e. The van der Waals surface area contributed by atoms with Crippen molar-refractivity contribution in [2.24, 2.45) is 0 Å². The van der Waals surface area contributed by atoms with Crippen LogP contribution in [0.2, 0.25) is 0 Å². The Morgan fingerprint density at radius 1 is 1.44 bits per heavy atom. The molecular formula is C12H17FN2O. The van der Waals surface area contributed by atoms with Gasteiger partial charge in [0.15, 0.2) is 0 Å². The normalized spacial score (nSPS) is 15.9. The van der Waals surface area contributed by atoms with E-state index in [2.05, 4.69) is 9.88 Å². The Balaban J connectivity index is 2.10. The molecule has 0 spiro atoms. The highest BCUT2D eigenvalue weighted by Gasteiger charge is 2.25. The molecule has 0 bridgehead atoms. The molecule has 0 aromatic carbocycles. The first-order valence-corrected chi connectivity index (χ1v) is 5.81. The molecule has 0 amide bonds. The van der Waals surface area contributed by atoms with E-state index < -0.39 is 5.95 Å². The summed E-state index contributed by atoms with van der Waals surface area (Å²) < 4.78 is 13.0. The van der Waals surface area contributed by atoms with Gasteiger partial charge in [-0.2, -0.15) is 4.39 Å². The van der Waals surface area contributed by atoms with E-state index in [9.17, 15) is 4.39 Å². The number of aliphatic hydroxyl groups excluding tert-OH is 1. The SMILES string of the molecule is OCCCN(c1cccc(F)n1)C1CCC1. The molecular weight excluding hydrogens is 207 g/mol. The molecule has 0 unspecified atom stereocenters. The Bertz CT molecular complexity index is 342. The fraction of sp³-hybridized carbons (Fsp3) is 0.583. The maximum absolute atomic E-state index is 13.0. The first-order valence-electron chi connectivity index (χ1n) is 5.81. The van der Waals surface area contributed by atoms with Gasteiger partial charge >= 0.3 is 0 Å². The molecule has 1 N–H and O–H groups in total. The summed E-state index contributed by atoms with van der Waals surface area (Å²) in [5.41, 5.74) is 0. The molecule has 0 aliphatic heterocycles. The standard InChI is InChI=1S/C12H17FN2O/c13-11-6-2-7-12(14-11)15(8-3-9-16)10-4-1-5-10/h2,6-7,10,16H,1,3-5,8-9H2. The fourth-order valence-corrected chi connectivity index (χ4v) is 1.98. The average Bonchev–Trinajstić information content (AvgIpc) is 2.21. The maximum atomic E-state index is 13.0. The summed E-state index contributed by atoms with van der Waals surface area (Å²) in [6.45, 7) is 0.913. The Kier molecular flexibility index (Phi) is 3.72. The molecule has 0 saturated heterocycles. The summed E-state index contributed by atoms with van der Waals surface area (Å²) in [4.78, 5) is 6.02. The van der Waals surface area contributed by atoms with E-state index in [-0.39, 0.29) is 6.61 Å². The number of pyridine rings is 1. The topological polar surface area (TPSA) is 36.4 Å². The quantitative estimate of drug-likeness (QED) is 0.777. The van der Waals surface area contributed by atoms with Crippen LogP contribution in [0.1, 0.15) is 25.7 Å². The molecule has 3 nitrogen and oxygen atoms in total. The van der Waals surface area contributed by atoms with Gasteiger partial charge in [0.25, 0.3) is 0 Å². The molecule has 1 aliphatic carbocycles. The number of hydrogen-bond donors (Lipinski definition) is 1. The Morgan fingerprint density at radius 2 is 2.25 bits per heavy atom. The highest BCUT2D eigenvalue weighted by Crippen LogP contribution is 2.28. The molecule has 1 fully saturated rings. The summed E-state index contributed by atoms with van der Waals surface area (Å²) in [5, 5.41) is 8.87. The maximum Gasteiger partial charge on any atom is 0.214 e. The lowest BCUT2D eigenvalue weighted by Crippen LogP contribution is -2.41. The van der Waals surface area contributed by atoms with Crippen molar-refractivity contribution in [3.63, 3.8) is 0 Å². The van der Waals surface area contributed by atoms with Crippen molar-refractivity contribution in [2.75, 3.05) is 18.1 Å². The van der Waals surface area contributed by atoms with Gasteiger partial charge in [-0.1, -0.05) is 6.07 Å². The Labute approximate surface area is 94.9 Å². The van der Waals surface area contributed by atoms with Crippen molar-refractivity contribution >= 4 is 5.82 Å². The Morgan fingerprint density at radius 3 is 2.81 bits per heavy atom. The minimum absolute atomic E-state index is 0.165. The van der Waals surface area contributed by atoms with E-state index in [1.54, 1.807) is 6.07 Å². The van der Waals surface area contributed by atoms with Crippen LogP contribution in [0, 0.1) is 5.95 Å². The van der Waals surface area contributed by atoms with Gasteiger partial charge in [-0.05, 0) is 37.8 Å². The summed E-state index contributed by atoms with van der Waals surface area (Å²) in [6, 6.07) is 5.34. The zero-order valence-electron chi connectivity index (χ0n) is 9.27. The molecule has 4 heteroatoms. The lowest BCUT2D eigenvalue weighted by atomic mass is 9.91. The molecule has 0 radical (unpaired) electrons. The monoisotopic (exact) mass is 224 g/mol. The third-order valence-electron chi connectivity index (χ3n) is 3.07. The first kappa shape index (κ1) is 11.3. The van der Waals surface area contributed by atoms with Gasteiger partial charge in [0, 0.05) is 19.2 Å². The van der Waals surface area contributed by atoms with Crippen LogP contribution in [-0.2, 0) is 0 Å². The van der Waals surface area contributed by atoms with Gasteiger partial charge in [-0.15, -0.1) is 0 Å². The molecule has 1 aliphatic rings. The van der Waals surface area contributed by atoms with Crippen molar-refractivity contribution in [1.29, 1.82) is 0 Å². The number of aromatic nitrogens is 1. The molecule has 0 atom stereocenters. The second-order valence-corrected chi connectivity index (χ2v) is 4.17. The van der Waals surface area contributed by atoms with Crippen LogP contribution in [0.4, 0.5) is 10.2 Å². The van der Waals surface area contributed by atoms with Crippen LogP contribution >= 0.6 is 0 Å². The number of anilines is 1. The number of nitrogens with zero attached hydrogens (tertiary/aromatic N) is 2.